The van der Waals surface area contributed by atoms with E-state index in [1.807, 2.05) is 24.4 Å². The Morgan fingerprint density at radius 3 is 2.84 bits per heavy atom. The summed E-state index contributed by atoms with van der Waals surface area (Å²) in [5, 5.41) is 0. The molecule has 1 fully saturated rings. The summed E-state index contributed by atoms with van der Waals surface area (Å²) < 4.78 is 2.08. The molecule has 2 aromatic heterocycles. The van der Waals surface area contributed by atoms with Gasteiger partial charge in [0, 0.05) is 31.0 Å². The molecule has 0 bridgehead atoms. The molecule has 0 aromatic carbocycles. The van der Waals surface area contributed by atoms with Gasteiger partial charge in [0.25, 0.3) is 0 Å². The molecule has 102 valence electrons. The normalized spacial score (nSPS) is 24.2. The molecule has 0 spiro atoms. The molecule has 19 heavy (non-hydrogen) atoms. The van der Waals surface area contributed by atoms with Gasteiger partial charge in [-0.05, 0) is 44.9 Å². The Morgan fingerprint density at radius 2 is 2.11 bits per heavy atom. The molecule has 4 nitrogen and oxygen atoms in total. The van der Waals surface area contributed by atoms with Gasteiger partial charge in [-0.1, -0.05) is 6.07 Å². The van der Waals surface area contributed by atoms with E-state index in [0.717, 1.165) is 30.7 Å². The second-order valence-electron chi connectivity index (χ2n) is 5.68. The van der Waals surface area contributed by atoms with E-state index in [4.69, 9.17) is 5.73 Å². The van der Waals surface area contributed by atoms with Gasteiger partial charge in [-0.15, -0.1) is 0 Å². The van der Waals surface area contributed by atoms with Crippen LogP contribution in [0.3, 0.4) is 0 Å². The second-order valence-corrected chi connectivity index (χ2v) is 5.68. The van der Waals surface area contributed by atoms with Crippen molar-refractivity contribution in [3.8, 4) is 0 Å². The molecule has 0 unspecified atom stereocenters. The van der Waals surface area contributed by atoms with Gasteiger partial charge in [-0.2, -0.15) is 0 Å². The van der Waals surface area contributed by atoms with E-state index < -0.39 is 0 Å². The van der Waals surface area contributed by atoms with Crippen LogP contribution in [-0.4, -0.2) is 33.4 Å². The molecule has 0 radical (unpaired) electrons. The number of rotatable bonds is 3. The number of fused-ring (bicyclic) bond motifs is 1. The van der Waals surface area contributed by atoms with Crippen molar-refractivity contribution in [1.29, 1.82) is 0 Å². The third kappa shape index (κ3) is 2.80. The van der Waals surface area contributed by atoms with Crippen LogP contribution in [0.15, 0.2) is 30.6 Å². The largest absolute Gasteiger partial charge is 0.328 e. The van der Waals surface area contributed by atoms with E-state index in [2.05, 4.69) is 27.5 Å². The highest BCUT2D eigenvalue weighted by Gasteiger charge is 2.22. The fourth-order valence-electron chi connectivity index (χ4n) is 2.99. The topological polar surface area (TPSA) is 46.6 Å². The Morgan fingerprint density at radius 1 is 1.32 bits per heavy atom. The molecule has 4 heteroatoms. The van der Waals surface area contributed by atoms with Crippen molar-refractivity contribution in [2.75, 3.05) is 7.05 Å². The summed E-state index contributed by atoms with van der Waals surface area (Å²) in [5.41, 5.74) is 8.13. The molecule has 0 aliphatic heterocycles. The van der Waals surface area contributed by atoms with Crippen LogP contribution in [0, 0.1) is 0 Å². The minimum atomic E-state index is 0.417. The highest BCUT2D eigenvalue weighted by atomic mass is 15.1. The van der Waals surface area contributed by atoms with Crippen LogP contribution in [0.2, 0.25) is 0 Å². The molecule has 2 N–H and O–H groups in total. The van der Waals surface area contributed by atoms with Crippen molar-refractivity contribution < 1.29 is 0 Å². The van der Waals surface area contributed by atoms with Crippen molar-refractivity contribution >= 4 is 5.65 Å². The summed E-state index contributed by atoms with van der Waals surface area (Å²) in [5.74, 6) is 0. The predicted molar refractivity (Wildman–Crippen MR) is 76.9 cm³/mol. The zero-order chi connectivity index (χ0) is 13.2. The number of aromatic nitrogens is 2. The van der Waals surface area contributed by atoms with Gasteiger partial charge in [0.05, 0.1) is 5.69 Å². The van der Waals surface area contributed by atoms with E-state index in [0.29, 0.717) is 12.1 Å². The Labute approximate surface area is 114 Å². The molecule has 1 saturated carbocycles. The van der Waals surface area contributed by atoms with Gasteiger partial charge in [-0.3, -0.25) is 4.90 Å². The van der Waals surface area contributed by atoms with Gasteiger partial charge >= 0.3 is 0 Å². The van der Waals surface area contributed by atoms with Crippen molar-refractivity contribution in [2.45, 2.75) is 44.3 Å². The summed E-state index contributed by atoms with van der Waals surface area (Å²) in [7, 11) is 2.20. The first-order valence-electron chi connectivity index (χ1n) is 7.11. The number of hydrogen-bond acceptors (Lipinski definition) is 3. The first-order valence-corrected chi connectivity index (χ1v) is 7.11. The molecule has 0 saturated heterocycles. The Balaban J connectivity index is 1.67. The molecule has 1 aliphatic rings. The first-order chi connectivity index (χ1) is 9.22. The lowest BCUT2D eigenvalue weighted by Gasteiger charge is -2.33. The van der Waals surface area contributed by atoms with Crippen LogP contribution in [0.1, 0.15) is 31.4 Å². The average molecular weight is 258 g/mol. The minimum Gasteiger partial charge on any atom is -0.328 e. The van der Waals surface area contributed by atoms with Crippen LogP contribution in [0.25, 0.3) is 5.65 Å². The quantitative estimate of drug-likeness (QED) is 0.916. The van der Waals surface area contributed by atoms with E-state index >= 15 is 0 Å². The van der Waals surface area contributed by atoms with E-state index in [1.165, 1.54) is 12.8 Å². The molecule has 3 rings (SSSR count). The van der Waals surface area contributed by atoms with Gasteiger partial charge in [-0.25, -0.2) is 4.98 Å². The maximum atomic E-state index is 5.97. The average Bonchev–Trinajstić information content (AvgIpc) is 2.81. The van der Waals surface area contributed by atoms with E-state index in [1.54, 1.807) is 0 Å². The standard InChI is InChI=1S/C15H22N4/c1-18(14-7-5-12(16)6-8-14)10-13-11-19-9-3-2-4-15(19)17-13/h2-4,9,11-12,14H,5-8,10,16H2,1H3. The third-order valence-electron chi connectivity index (χ3n) is 4.19. The SMILES string of the molecule is CN(Cc1cn2ccccc2n1)C1CCC(N)CC1. The van der Waals surface area contributed by atoms with Crippen molar-refractivity contribution in [3.05, 3.63) is 36.3 Å². The molecular weight excluding hydrogens is 236 g/mol. The van der Waals surface area contributed by atoms with Crippen molar-refractivity contribution in [1.82, 2.24) is 14.3 Å². The number of nitrogens with zero attached hydrogens (tertiary/aromatic N) is 3. The fraction of sp³-hybridized carbons (Fsp3) is 0.533. The third-order valence-corrected chi connectivity index (χ3v) is 4.19. The van der Waals surface area contributed by atoms with Gasteiger partial charge in [0.1, 0.15) is 5.65 Å². The minimum absolute atomic E-state index is 0.417. The Bertz CT molecular complexity index is 507. The summed E-state index contributed by atoms with van der Waals surface area (Å²) >= 11 is 0. The lowest BCUT2D eigenvalue weighted by Crippen LogP contribution is -2.38. The number of imidazole rings is 1. The molecule has 2 aromatic rings. The monoisotopic (exact) mass is 258 g/mol. The van der Waals surface area contributed by atoms with E-state index in [9.17, 15) is 0 Å². The summed E-state index contributed by atoms with van der Waals surface area (Å²) in [4.78, 5) is 7.08. The molecule has 0 atom stereocenters. The van der Waals surface area contributed by atoms with Crippen molar-refractivity contribution in [2.24, 2.45) is 5.73 Å². The van der Waals surface area contributed by atoms with Crippen LogP contribution < -0.4 is 5.73 Å². The Hall–Kier alpha value is -1.39. The van der Waals surface area contributed by atoms with Crippen LogP contribution in [-0.2, 0) is 6.54 Å². The highest BCUT2D eigenvalue weighted by molar-refractivity contribution is 5.39. The number of hydrogen-bond donors (Lipinski definition) is 1. The molecule has 0 amide bonds. The maximum absolute atomic E-state index is 5.97. The summed E-state index contributed by atoms with van der Waals surface area (Å²) in [6, 6.07) is 7.18. The summed E-state index contributed by atoms with van der Waals surface area (Å²) in [6.07, 6.45) is 8.91. The molecule has 1 aliphatic carbocycles. The fourth-order valence-corrected chi connectivity index (χ4v) is 2.99. The van der Waals surface area contributed by atoms with Gasteiger partial charge in [0.2, 0.25) is 0 Å². The summed E-state index contributed by atoms with van der Waals surface area (Å²) in [6.45, 7) is 0.918. The van der Waals surface area contributed by atoms with Gasteiger partial charge in [0.15, 0.2) is 0 Å². The predicted octanol–water partition coefficient (Wildman–Crippen LogP) is 2.04. The van der Waals surface area contributed by atoms with E-state index in [-0.39, 0.29) is 0 Å². The van der Waals surface area contributed by atoms with Crippen LogP contribution in [0.5, 0.6) is 0 Å². The Kier molecular flexibility index (Phi) is 3.53. The maximum Gasteiger partial charge on any atom is 0.137 e. The zero-order valence-corrected chi connectivity index (χ0v) is 11.5. The first kappa shape index (κ1) is 12.6. The lowest BCUT2D eigenvalue weighted by atomic mass is 9.91. The molecular formula is C15H22N4. The number of pyridine rings is 1. The molecule has 2 heterocycles. The highest BCUT2D eigenvalue weighted by Crippen LogP contribution is 2.22. The van der Waals surface area contributed by atoms with Gasteiger partial charge < -0.3 is 10.1 Å². The van der Waals surface area contributed by atoms with Crippen molar-refractivity contribution in [3.63, 3.8) is 0 Å². The van der Waals surface area contributed by atoms with Crippen LogP contribution in [0.4, 0.5) is 0 Å². The smallest absolute Gasteiger partial charge is 0.137 e. The zero-order valence-electron chi connectivity index (χ0n) is 11.5. The lowest BCUT2D eigenvalue weighted by molar-refractivity contribution is 0.175. The number of nitrogens with two attached hydrogens (primary N) is 1. The van der Waals surface area contributed by atoms with Crippen LogP contribution >= 0.6 is 0 Å². The second kappa shape index (κ2) is 5.31.